The Morgan fingerprint density at radius 2 is 0.362 bits per heavy atom. The van der Waals surface area contributed by atoms with Crippen LogP contribution in [0.15, 0.2) is 0 Å². The number of halogens is 28. The Kier molecular flexibility index (Phi) is 14.4. The van der Waals surface area contributed by atoms with Gasteiger partial charge >= 0.3 is 85.8 Å². The first-order valence-corrected chi connectivity index (χ1v) is 12.3. The Balaban J connectivity index is -0.000000807. The third kappa shape index (κ3) is 7.64. The van der Waals surface area contributed by atoms with Crippen LogP contribution in [0.2, 0.25) is 0 Å². The second-order valence-corrected chi connectivity index (χ2v) is 12.2. The van der Waals surface area contributed by atoms with Crippen molar-refractivity contribution in [2.75, 3.05) is 0 Å². The van der Waals surface area contributed by atoms with Gasteiger partial charge in [-0.05, 0) is 0 Å². The molecule has 0 saturated carbocycles. The van der Waals surface area contributed by atoms with Gasteiger partial charge in [-0.25, -0.2) is 0 Å². The molecule has 0 aliphatic rings. The quantitative estimate of drug-likeness (QED) is 0.188. The molecule has 0 amide bonds. The van der Waals surface area contributed by atoms with Gasteiger partial charge in [0, 0.05) is 49.4 Å². The SMILES string of the molecule is O=P(O)(C(F)(F)C(F)(F)C(F)(F)F)C(F)(F)C(F)(F)C(F)(F)F.O=P(O)(C(F)(F)C(F)(F)C(F)(F)F)C(F)(F)C(F)(F)C(F)(F)F.[Eu]. The van der Waals surface area contributed by atoms with E-state index in [1.54, 1.807) is 0 Å². The normalized spacial score (nSPS) is 16.3. The smallest absolute Gasteiger partial charge is 0.336 e. The van der Waals surface area contributed by atoms with Crippen molar-refractivity contribution in [1.82, 2.24) is 0 Å². The van der Waals surface area contributed by atoms with Gasteiger partial charge in [-0.1, -0.05) is 0 Å². The Morgan fingerprint density at radius 1 is 0.277 bits per heavy atom. The molecule has 0 aromatic carbocycles. The number of alkyl halides is 28. The molecule has 1 radical (unpaired) electrons. The zero-order valence-corrected chi connectivity index (χ0v) is 23.8. The van der Waals surface area contributed by atoms with Gasteiger partial charge in [0.2, 0.25) is 0 Å². The third-order valence-corrected chi connectivity index (χ3v) is 8.63. The molecule has 0 rings (SSSR count). The van der Waals surface area contributed by atoms with Gasteiger partial charge in [-0.15, -0.1) is 0 Å². The molecular formula is C12H2EuF28O4P2. The van der Waals surface area contributed by atoms with Crippen molar-refractivity contribution in [1.29, 1.82) is 0 Å². The summed E-state index contributed by atoms with van der Waals surface area (Å²) in [6.45, 7) is 0. The summed E-state index contributed by atoms with van der Waals surface area (Å²) in [7, 11) is -18.3. The van der Waals surface area contributed by atoms with Crippen LogP contribution < -0.4 is 0 Å². The first kappa shape index (κ1) is 51.4. The molecule has 0 atom stereocenters. The van der Waals surface area contributed by atoms with Crippen LogP contribution in [0.5, 0.6) is 0 Å². The van der Waals surface area contributed by atoms with Gasteiger partial charge in [0.1, 0.15) is 0 Å². The second kappa shape index (κ2) is 13.2. The molecule has 0 spiro atoms. The van der Waals surface area contributed by atoms with Crippen molar-refractivity contribution in [3.8, 4) is 0 Å². The van der Waals surface area contributed by atoms with E-state index in [1.807, 2.05) is 0 Å². The second-order valence-electron chi connectivity index (χ2n) is 7.61. The van der Waals surface area contributed by atoms with Crippen LogP contribution in [-0.2, 0) is 9.13 Å². The molecule has 4 nitrogen and oxygen atoms in total. The summed E-state index contributed by atoms with van der Waals surface area (Å²) in [6, 6.07) is 0. The summed E-state index contributed by atoms with van der Waals surface area (Å²) >= 11 is 0. The zero-order valence-electron chi connectivity index (χ0n) is 19.6. The fraction of sp³-hybridized carbons (Fsp3) is 1.00. The monoisotopic (exact) mass is 957 g/mol. The molecule has 0 heterocycles. The summed E-state index contributed by atoms with van der Waals surface area (Å²) < 4.78 is 362. The zero-order chi connectivity index (χ0) is 39.0. The molecule has 0 unspecified atom stereocenters. The maximum atomic E-state index is 12.7. The molecule has 0 bridgehead atoms. The molecule has 0 aliphatic heterocycles. The van der Waals surface area contributed by atoms with Crippen molar-refractivity contribution < 1.29 is 191 Å². The molecule has 287 valence electrons. The van der Waals surface area contributed by atoms with Crippen LogP contribution in [-0.4, -0.2) is 80.8 Å². The summed E-state index contributed by atoms with van der Waals surface area (Å²) in [5, 5.41) is 0. The van der Waals surface area contributed by atoms with Gasteiger partial charge < -0.3 is 9.79 Å². The van der Waals surface area contributed by atoms with E-state index in [9.17, 15) is 132 Å². The van der Waals surface area contributed by atoms with E-state index < -0.39 is 85.8 Å². The van der Waals surface area contributed by atoms with Crippen molar-refractivity contribution >= 4 is 14.7 Å². The van der Waals surface area contributed by atoms with Crippen LogP contribution >= 0.6 is 14.7 Å². The summed E-state index contributed by atoms with van der Waals surface area (Å²) in [6.07, 6.45) is -30.1. The molecule has 0 fully saturated rings. The molecule has 0 aromatic heterocycles. The predicted octanol–water partition coefficient (Wildman–Crippen LogP) is 9.68. The fourth-order valence-electron chi connectivity index (χ4n) is 1.80. The van der Waals surface area contributed by atoms with Gasteiger partial charge in [0.15, 0.2) is 0 Å². The topological polar surface area (TPSA) is 74.6 Å². The van der Waals surface area contributed by atoms with E-state index in [4.69, 9.17) is 9.79 Å². The minimum Gasteiger partial charge on any atom is -0.336 e. The Bertz CT molecular complexity index is 1020. The Morgan fingerprint density at radius 3 is 0.426 bits per heavy atom. The van der Waals surface area contributed by atoms with E-state index in [1.165, 1.54) is 0 Å². The Labute approximate surface area is 276 Å². The third-order valence-electron chi connectivity index (χ3n) is 4.46. The van der Waals surface area contributed by atoms with Crippen molar-refractivity contribution in [3.05, 3.63) is 0 Å². The van der Waals surface area contributed by atoms with Crippen LogP contribution in [0, 0.1) is 49.4 Å². The molecular weight excluding hydrogens is 954 g/mol. The number of rotatable bonds is 8. The standard InChI is InChI=1S/2C6HF14O2P.Eu/c2*7-1(8,3(11,12)13)5(17,18)23(21,22)6(19,20)2(9,10)4(14,15)16;/h2*(H,21,22);. The number of hydrogen-bond donors (Lipinski definition) is 2. The number of hydrogen-bond acceptors (Lipinski definition) is 2. The van der Waals surface area contributed by atoms with Gasteiger partial charge in [-0.3, -0.25) is 9.13 Å². The maximum Gasteiger partial charge on any atom is 0.460 e. The largest absolute Gasteiger partial charge is 0.460 e. The summed E-state index contributed by atoms with van der Waals surface area (Å²) in [5.41, 5.74) is -31.6. The van der Waals surface area contributed by atoms with Crippen LogP contribution in [0.1, 0.15) is 0 Å². The predicted molar refractivity (Wildman–Crippen MR) is 83.4 cm³/mol. The van der Waals surface area contributed by atoms with Crippen LogP contribution in [0.4, 0.5) is 123 Å². The van der Waals surface area contributed by atoms with E-state index in [2.05, 4.69) is 0 Å². The fourth-order valence-corrected chi connectivity index (χ4v) is 4.53. The van der Waals surface area contributed by atoms with E-state index >= 15 is 0 Å². The Hall–Kier alpha value is 0.00442. The minimum absolute atomic E-state index is 0. The molecule has 47 heavy (non-hydrogen) atoms. The first-order chi connectivity index (χ1) is 19.0. The van der Waals surface area contributed by atoms with Gasteiger partial charge in [0.25, 0.3) is 0 Å². The molecule has 0 aromatic rings. The van der Waals surface area contributed by atoms with Crippen molar-refractivity contribution in [2.24, 2.45) is 0 Å². The molecule has 0 saturated heterocycles. The first-order valence-electron chi connectivity index (χ1n) is 8.95. The van der Waals surface area contributed by atoms with Crippen LogP contribution in [0.3, 0.4) is 0 Å². The van der Waals surface area contributed by atoms with Gasteiger partial charge in [-0.2, -0.15) is 123 Å². The summed E-state index contributed by atoms with van der Waals surface area (Å²) in [4.78, 5) is 16.1. The average molecular weight is 956 g/mol. The van der Waals surface area contributed by atoms with E-state index in [-0.39, 0.29) is 49.4 Å². The van der Waals surface area contributed by atoms with E-state index in [0.29, 0.717) is 0 Å². The molecule has 0 aliphatic carbocycles. The molecule has 2 N–H and O–H groups in total. The van der Waals surface area contributed by atoms with Crippen LogP contribution in [0.25, 0.3) is 0 Å². The van der Waals surface area contributed by atoms with Gasteiger partial charge in [0.05, 0.1) is 0 Å². The minimum atomic E-state index is -9.14. The van der Waals surface area contributed by atoms with Crippen molar-refractivity contribution in [2.45, 2.75) is 71.0 Å². The van der Waals surface area contributed by atoms with E-state index in [0.717, 1.165) is 0 Å². The average Bonchev–Trinajstić information content (AvgIpc) is 2.75. The van der Waals surface area contributed by atoms with Crippen molar-refractivity contribution in [3.63, 3.8) is 0 Å². The maximum absolute atomic E-state index is 12.7. The summed E-state index contributed by atoms with van der Waals surface area (Å²) in [5.74, 6) is -31.2. The molecule has 35 heteroatoms.